The van der Waals surface area contributed by atoms with Gasteiger partial charge in [0.2, 0.25) is 10.0 Å². The van der Waals surface area contributed by atoms with Crippen molar-refractivity contribution < 1.29 is 13.2 Å². The Labute approximate surface area is 238 Å². The third-order valence-electron chi connectivity index (χ3n) is 7.98. The fourth-order valence-corrected chi connectivity index (χ4v) is 7.02. The number of rotatable bonds is 8. The van der Waals surface area contributed by atoms with Gasteiger partial charge in [-0.3, -0.25) is 9.59 Å². The molecule has 0 radical (unpaired) electrons. The van der Waals surface area contributed by atoms with Gasteiger partial charge in [0.25, 0.3) is 11.5 Å². The summed E-state index contributed by atoms with van der Waals surface area (Å²) in [4.78, 5) is 41.3. The van der Waals surface area contributed by atoms with Crippen LogP contribution in [0.4, 0.5) is 5.69 Å². The molecule has 0 unspecified atom stereocenters. The minimum atomic E-state index is -3.67. The van der Waals surface area contributed by atoms with E-state index in [1.807, 2.05) is 17.0 Å². The SMILES string of the molecule is Bc1ccccc1S(=O)(=O)NCCNc1cc[nH]c(=O)c1-c1nc2cc3c(cc2[nH]1)C(=O)N(C1CCN(C)CC1)C3. The quantitative estimate of drug-likeness (QED) is 0.179. The van der Waals surface area contributed by atoms with Crippen molar-refractivity contribution in [1.29, 1.82) is 0 Å². The number of anilines is 1. The first-order valence-electron chi connectivity index (χ1n) is 13.7. The number of nitrogens with zero attached hydrogens (tertiary/aromatic N) is 3. The topological polar surface area (TPSA) is 143 Å². The van der Waals surface area contributed by atoms with E-state index in [9.17, 15) is 18.0 Å². The number of piperidine rings is 1. The molecular formula is C28H32BN7O4S. The summed E-state index contributed by atoms with van der Waals surface area (Å²) < 4.78 is 28.0. The highest BCUT2D eigenvalue weighted by Gasteiger charge is 2.34. The number of H-pyrrole nitrogens is 2. The average Bonchev–Trinajstić information content (AvgIpc) is 3.50. The normalized spacial score (nSPS) is 16.4. The number of benzene rings is 2. The zero-order valence-corrected chi connectivity index (χ0v) is 23.8. The van der Waals surface area contributed by atoms with Gasteiger partial charge in [-0.05, 0) is 62.8 Å². The number of carbonyl (C=O) groups excluding carboxylic acids is 1. The summed E-state index contributed by atoms with van der Waals surface area (Å²) in [7, 11) is 0.189. The van der Waals surface area contributed by atoms with Gasteiger partial charge in [0.15, 0.2) is 0 Å². The Bertz CT molecular complexity index is 1790. The maximum atomic E-state index is 13.3. The fraction of sp³-hybridized carbons (Fsp3) is 0.321. The van der Waals surface area contributed by atoms with Crippen LogP contribution in [0.2, 0.25) is 0 Å². The summed E-state index contributed by atoms with van der Waals surface area (Å²) in [6.07, 6.45) is 3.46. The molecule has 4 heterocycles. The van der Waals surface area contributed by atoms with Crippen LogP contribution in [0.5, 0.6) is 0 Å². The predicted molar refractivity (Wildman–Crippen MR) is 161 cm³/mol. The molecule has 0 spiro atoms. The lowest BCUT2D eigenvalue weighted by Crippen LogP contribution is -2.43. The average molecular weight is 573 g/mol. The second-order valence-electron chi connectivity index (χ2n) is 10.8. The number of fused-ring (bicyclic) bond motifs is 2. The van der Waals surface area contributed by atoms with Crippen LogP contribution in [0.3, 0.4) is 0 Å². The van der Waals surface area contributed by atoms with Gasteiger partial charge in [0, 0.05) is 37.4 Å². The monoisotopic (exact) mass is 573 g/mol. The van der Waals surface area contributed by atoms with Gasteiger partial charge in [-0.15, -0.1) is 0 Å². The summed E-state index contributed by atoms with van der Waals surface area (Å²) in [5.41, 5.74) is 4.12. The summed E-state index contributed by atoms with van der Waals surface area (Å²) >= 11 is 0. The van der Waals surface area contributed by atoms with E-state index >= 15 is 0 Å². The Morgan fingerprint density at radius 2 is 1.88 bits per heavy atom. The number of aromatic amines is 2. The van der Waals surface area contributed by atoms with Crippen molar-refractivity contribution in [1.82, 2.24) is 29.5 Å². The Hall–Kier alpha value is -3.94. The number of amides is 1. The van der Waals surface area contributed by atoms with Gasteiger partial charge in [0.1, 0.15) is 19.2 Å². The molecule has 2 aromatic heterocycles. The van der Waals surface area contributed by atoms with Crippen LogP contribution in [0, 0.1) is 0 Å². The van der Waals surface area contributed by atoms with Crippen molar-refractivity contribution in [2.75, 3.05) is 38.5 Å². The van der Waals surface area contributed by atoms with Crippen LogP contribution in [0.1, 0.15) is 28.8 Å². The number of imidazole rings is 1. The molecule has 0 atom stereocenters. The lowest BCUT2D eigenvalue weighted by atomic mass is 9.97. The van der Waals surface area contributed by atoms with Gasteiger partial charge in [0.05, 0.1) is 21.6 Å². The zero-order chi connectivity index (χ0) is 28.7. The fourth-order valence-electron chi connectivity index (χ4n) is 5.74. The third-order valence-corrected chi connectivity index (χ3v) is 9.60. The number of hydrogen-bond acceptors (Lipinski definition) is 7. The van der Waals surface area contributed by atoms with E-state index in [4.69, 9.17) is 4.98 Å². The highest BCUT2D eigenvalue weighted by atomic mass is 32.2. The van der Waals surface area contributed by atoms with Gasteiger partial charge in [-0.25, -0.2) is 18.1 Å². The predicted octanol–water partition coefficient (Wildman–Crippen LogP) is 0.617. The molecule has 2 aliphatic heterocycles. The van der Waals surface area contributed by atoms with E-state index in [0.717, 1.165) is 31.5 Å². The van der Waals surface area contributed by atoms with Gasteiger partial charge in [-0.2, -0.15) is 0 Å². The number of nitrogens with one attached hydrogen (secondary N) is 4. The minimum Gasteiger partial charge on any atom is -0.383 e. The molecule has 0 bridgehead atoms. The van der Waals surface area contributed by atoms with Crippen LogP contribution >= 0.6 is 0 Å². The lowest BCUT2D eigenvalue weighted by Gasteiger charge is -2.34. The van der Waals surface area contributed by atoms with Gasteiger partial charge >= 0.3 is 0 Å². The van der Waals surface area contributed by atoms with Gasteiger partial charge < -0.3 is 25.1 Å². The summed E-state index contributed by atoms with van der Waals surface area (Å²) in [5, 5.41) is 3.16. The number of sulfonamides is 1. The van der Waals surface area contributed by atoms with Crippen LogP contribution in [-0.4, -0.2) is 86.2 Å². The summed E-state index contributed by atoms with van der Waals surface area (Å²) in [6, 6.07) is 12.5. The molecule has 2 aromatic carbocycles. The van der Waals surface area contributed by atoms with E-state index in [1.54, 1.807) is 38.2 Å². The first kappa shape index (κ1) is 27.2. The molecule has 0 aliphatic carbocycles. The van der Waals surface area contributed by atoms with Crippen LogP contribution < -0.4 is 21.1 Å². The molecule has 6 rings (SSSR count). The molecular weight excluding hydrogens is 541 g/mol. The second-order valence-corrected chi connectivity index (χ2v) is 12.5. The lowest BCUT2D eigenvalue weighted by molar-refractivity contribution is 0.0617. The van der Waals surface area contributed by atoms with E-state index < -0.39 is 10.0 Å². The number of hydrogen-bond donors (Lipinski definition) is 4. The number of carbonyl (C=O) groups is 1. The molecule has 1 amide bonds. The summed E-state index contributed by atoms with van der Waals surface area (Å²) in [5.74, 6) is 0.411. The van der Waals surface area contributed by atoms with Crippen molar-refractivity contribution in [3.63, 3.8) is 0 Å². The Morgan fingerprint density at radius 3 is 2.66 bits per heavy atom. The van der Waals surface area contributed by atoms with Crippen LogP contribution in [0.15, 0.2) is 58.4 Å². The van der Waals surface area contributed by atoms with E-state index in [0.29, 0.717) is 45.7 Å². The van der Waals surface area contributed by atoms with Crippen LogP contribution in [0.25, 0.3) is 22.4 Å². The Kier molecular flexibility index (Phi) is 7.18. The van der Waals surface area contributed by atoms with Crippen molar-refractivity contribution in [2.24, 2.45) is 0 Å². The molecule has 4 N–H and O–H groups in total. The van der Waals surface area contributed by atoms with Crippen LogP contribution in [-0.2, 0) is 16.6 Å². The van der Waals surface area contributed by atoms with Crippen molar-refractivity contribution in [2.45, 2.75) is 30.3 Å². The molecule has 41 heavy (non-hydrogen) atoms. The molecule has 0 saturated carbocycles. The number of pyridine rings is 1. The van der Waals surface area contributed by atoms with E-state index in [2.05, 4.69) is 32.0 Å². The Morgan fingerprint density at radius 1 is 1.10 bits per heavy atom. The molecule has 4 aromatic rings. The van der Waals surface area contributed by atoms with Crippen molar-refractivity contribution in [3.05, 3.63) is 70.1 Å². The number of aromatic nitrogens is 3. The van der Waals surface area contributed by atoms with E-state index in [1.165, 1.54) is 6.20 Å². The maximum absolute atomic E-state index is 13.3. The summed E-state index contributed by atoms with van der Waals surface area (Å²) in [6.45, 7) is 2.90. The van der Waals surface area contributed by atoms with Gasteiger partial charge in [-0.1, -0.05) is 23.7 Å². The maximum Gasteiger partial charge on any atom is 0.261 e. The first-order valence-corrected chi connectivity index (χ1v) is 15.2. The first-order chi connectivity index (χ1) is 19.7. The highest BCUT2D eigenvalue weighted by molar-refractivity contribution is 7.89. The largest absolute Gasteiger partial charge is 0.383 e. The second kappa shape index (κ2) is 10.8. The Balaban J connectivity index is 1.19. The number of likely N-dealkylation sites (tertiary alicyclic amines) is 1. The molecule has 11 nitrogen and oxygen atoms in total. The molecule has 13 heteroatoms. The molecule has 212 valence electrons. The third kappa shape index (κ3) is 5.28. The smallest absolute Gasteiger partial charge is 0.261 e. The minimum absolute atomic E-state index is 0.0423. The highest BCUT2D eigenvalue weighted by Crippen LogP contribution is 2.32. The van der Waals surface area contributed by atoms with E-state index in [-0.39, 0.29) is 35.5 Å². The molecule has 2 aliphatic rings. The van der Waals surface area contributed by atoms with Crippen molar-refractivity contribution >= 4 is 46.0 Å². The molecule has 1 saturated heterocycles. The van der Waals surface area contributed by atoms with Crippen molar-refractivity contribution in [3.8, 4) is 11.4 Å². The standard InChI is InChI=1S/C28H32BN7O4S/c1-35-12-7-18(8-13-35)36-16-17-14-22-23(15-19(17)28(36)38)34-26(33-22)25-21(6-9-31-27(25)37)30-10-11-32-41(39,40)24-5-3-2-4-20(24)29/h2-6,9,14-15,18,32H,7-8,10-13,16,29H2,1H3,(H,33,34)(H2,30,31,37). The zero-order valence-electron chi connectivity index (χ0n) is 23.0. The molecule has 1 fully saturated rings.